The largest absolute Gasteiger partial charge is 0.313 e. The minimum atomic E-state index is -0.198. The summed E-state index contributed by atoms with van der Waals surface area (Å²) in [5.74, 6) is 0.981. The molecular formula is C14H19ClFN. The fourth-order valence-electron chi connectivity index (χ4n) is 3.02. The van der Waals surface area contributed by atoms with Crippen LogP contribution in [0.1, 0.15) is 37.8 Å². The van der Waals surface area contributed by atoms with Crippen LogP contribution in [-0.2, 0) is 0 Å². The van der Waals surface area contributed by atoms with Gasteiger partial charge in [0.2, 0.25) is 0 Å². The summed E-state index contributed by atoms with van der Waals surface area (Å²) in [7, 11) is 1.91. The van der Waals surface area contributed by atoms with E-state index in [4.69, 9.17) is 11.6 Å². The molecule has 3 heteroatoms. The molecule has 0 aromatic heterocycles. The van der Waals surface area contributed by atoms with Crippen molar-refractivity contribution < 1.29 is 4.39 Å². The molecule has 94 valence electrons. The van der Waals surface area contributed by atoms with Gasteiger partial charge in [0, 0.05) is 16.6 Å². The van der Waals surface area contributed by atoms with Gasteiger partial charge in [-0.3, -0.25) is 0 Å². The molecule has 3 unspecified atom stereocenters. The number of benzene rings is 1. The van der Waals surface area contributed by atoms with E-state index in [1.165, 1.54) is 25.3 Å². The fraction of sp³-hybridized carbons (Fsp3) is 0.571. The second kappa shape index (κ2) is 5.36. The lowest BCUT2D eigenvalue weighted by molar-refractivity contribution is 0.309. The highest BCUT2D eigenvalue weighted by molar-refractivity contribution is 6.30. The maximum absolute atomic E-state index is 13.9. The number of rotatable bonds is 3. The third-order valence-corrected chi connectivity index (χ3v) is 4.20. The summed E-state index contributed by atoms with van der Waals surface area (Å²) < 4.78 is 13.9. The zero-order valence-electron chi connectivity index (χ0n) is 10.3. The van der Waals surface area contributed by atoms with Crippen LogP contribution in [0.2, 0.25) is 5.02 Å². The summed E-state index contributed by atoms with van der Waals surface area (Å²) in [5, 5.41) is 3.73. The molecule has 1 aromatic rings. The van der Waals surface area contributed by atoms with Crippen LogP contribution in [0.5, 0.6) is 0 Å². The first-order valence-electron chi connectivity index (χ1n) is 6.25. The van der Waals surface area contributed by atoms with E-state index < -0.39 is 0 Å². The van der Waals surface area contributed by atoms with E-state index in [0.717, 1.165) is 5.56 Å². The van der Waals surface area contributed by atoms with Gasteiger partial charge in [-0.1, -0.05) is 37.4 Å². The van der Waals surface area contributed by atoms with Gasteiger partial charge in [-0.25, -0.2) is 4.39 Å². The fourth-order valence-corrected chi connectivity index (χ4v) is 3.18. The van der Waals surface area contributed by atoms with Crippen molar-refractivity contribution in [2.24, 2.45) is 11.8 Å². The van der Waals surface area contributed by atoms with E-state index in [0.29, 0.717) is 16.9 Å². The predicted octanol–water partition coefficient (Wildman–Crippen LogP) is 4.18. The Balaban J connectivity index is 2.28. The van der Waals surface area contributed by atoms with Gasteiger partial charge in [-0.15, -0.1) is 0 Å². The quantitative estimate of drug-likeness (QED) is 0.855. The molecule has 3 atom stereocenters. The summed E-state index contributed by atoms with van der Waals surface area (Å²) in [6, 6.07) is 5.08. The molecular weight excluding hydrogens is 237 g/mol. The molecule has 1 saturated carbocycles. The lowest BCUT2D eigenvalue weighted by atomic mass is 9.86. The minimum Gasteiger partial charge on any atom is -0.313 e. The van der Waals surface area contributed by atoms with Crippen LogP contribution >= 0.6 is 11.6 Å². The highest BCUT2D eigenvalue weighted by Crippen LogP contribution is 2.40. The Labute approximate surface area is 107 Å². The topological polar surface area (TPSA) is 12.0 Å². The molecule has 0 saturated heterocycles. The molecule has 1 fully saturated rings. The molecule has 17 heavy (non-hydrogen) atoms. The van der Waals surface area contributed by atoms with Gasteiger partial charge in [0.25, 0.3) is 0 Å². The number of nitrogens with one attached hydrogen (secondary N) is 1. The maximum Gasteiger partial charge on any atom is 0.129 e. The molecule has 1 aliphatic rings. The average Bonchev–Trinajstić information content (AvgIpc) is 2.69. The van der Waals surface area contributed by atoms with Crippen LogP contribution in [0.4, 0.5) is 4.39 Å². The maximum atomic E-state index is 13.9. The molecule has 1 nitrogen and oxygen atoms in total. The Bertz CT molecular complexity index is 394. The van der Waals surface area contributed by atoms with Gasteiger partial charge in [0.1, 0.15) is 5.82 Å². The van der Waals surface area contributed by atoms with Gasteiger partial charge >= 0.3 is 0 Å². The van der Waals surface area contributed by atoms with E-state index in [1.807, 2.05) is 13.1 Å². The lowest BCUT2D eigenvalue weighted by Crippen LogP contribution is -2.27. The molecule has 0 bridgehead atoms. The zero-order chi connectivity index (χ0) is 12.4. The van der Waals surface area contributed by atoms with Gasteiger partial charge in [0.15, 0.2) is 0 Å². The third-order valence-electron chi connectivity index (χ3n) is 3.96. The number of halogens is 2. The molecule has 0 radical (unpaired) electrons. The monoisotopic (exact) mass is 255 g/mol. The molecule has 1 aromatic carbocycles. The zero-order valence-corrected chi connectivity index (χ0v) is 11.1. The number of hydrogen-bond donors (Lipinski definition) is 1. The highest BCUT2D eigenvalue weighted by atomic mass is 35.5. The molecule has 0 heterocycles. The first-order chi connectivity index (χ1) is 8.13. The van der Waals surface area contributed by atoms with Crippen molar-refractivity contribution in [2.75, 3.05) is 7.05 Å². The first kappa shape index (κ1) is 12.8. The standard InChI is InChI=1S/C14H19ClFN/c1-9-4-3-5-11(9)14(17-2)12-7-6-10(15)8-13(12)16/h6-9,11,14,17H,3-5H2,1-2H3. The van der Waals surface area contributed by atoms with Crippen LogP contribution in [0.3, 0.4) is 0 Å². The van der Waals surface area contributed by atoms with Crippen LogP contribution < -0.4 is 5.32 Å². The summed E-state index contributed by atoms with van der Waals surface area (Å²) in [4.78, 5) is 0. The van der Waals surface area contributed by atoms with Crippen molar-refractivity contribution in [1.29, 1.82) is 0 Å². The molecule has 0 spiro atoms. The van der Waals surface area contributed by atoms with E-state index >= 15 is 0 Å². The Morgan fingerprint density at radius 2 is 2.18 bits per heavy atom. The van der Waals surface area contributed by atoms with E-state index in [1.54, 1.807) is 6.07 Å². The van der Waals surface area contributed by atoms with E-state index in [-0.39, 0.29) is 11.9 Å². The summed E-state index contributed by atoms with van der Waals surface area (Å²) >= 11 is 5.79. The Hall–Kier alpha value is -0.600. The van der Waals surface area contributed by atoms with Gasteiger partial charge in [-0.2, -0.15) is 0 Å². The first-order valence-corrected chi connectivity index (χ1v) is 6.63. The second-order valence-corrected chi connectivity index (χ2v) is 5.44. The Kier molecular flexibility index (Phi) is 4.05. The van der Waals surface area contributed by atoms with Crippen molar-refractivity contribution >= 4 is 11.6 Å². The van der Waals surface area contributed by atoms with E-state index in [9.17, 15) is 4.39 Å². The predicted molar refractivity (Wildman–Crippen MR) is 69.7 cm³/mol. The molecule has 0 amide bonds. The highest BCUT2D eigenvalue weighted by Gasteiger charge is 2.32. The van der Waals surface area contributed by atoms with Crippen molar-refractivity contribution in [3.8, 4) is 0 Å². The average molecular weight is 256 g/mol. The van der Waals surface area contributed by atoms with Crippen LogP contribution in [-0.4, -0.2) is 7.05 Å². The molecule has 2 rings (SSSR count). The lowest BCUT2D eigenvalue weighted by Gasteiger charge is -2.27. The van der Waals surface area contributed by atoms with Gasteiger partial charge in [-0.05, 0) is 37.4 Å². The third kappa shape index (κ3) is 2.63. The van der Waals surface area contributed by atoms with Crippen molar-refractivity contribution in [2.45, 2.75) is 32.2 Å². The van der Waals surface area contributed by atoms with E-state index in [2.05, 4.69) is 12.2 Å². The molecule has 0 aliphatic heterocycles. The molecule has 1 aliphatic carbocycles. The van der Waals surface area contributed by atoms with Crippen LogP contribution in [0.15, 0.2) is 18.2 Å². The number of hydrogen-bond acceptors (Lipinski definition) is 1. The minimum absolute atomic E-state index is 0.102. The Morgan fingerprint density at radius 3 is 2.71 bits per heavy atom. The summed E-state index contributed by atoms with van der Waals surface area (Å²) in [6.45, 7) is 2.26. The van der Waals surface area contributed by atoms with Crippen molar-refractivity contribution in [1.82, 2.24) is 5.32 Å². The summed E-state index contributed by atoms with van der Waals surface area (Å²) in [6.07, 6.45) is 3.67. The second-order valence-electron chi connectivity index (χ2n) is 5.00. The van der Waals surface area contributed by atoms with Crippen LogP contribution in [0.25, 0.3) is 0 Å². The van der Waals surface area contributed by atoms with Crippen molar-refractivity contribution in [3.63, 3.8) is 0 Å². The summed E-state index contributed by atoms with van der Waals surface area (Å²) in [5.41, 5.74) is 0.746. The molecule has 1 N–H and O–H groups in total. The van der Waals surface area contributed by atoms with Crippen LogP contribution in [0, 0.1) is 17.7 Å². The van der Waals surface area contributed by atoms with Gasteiger partial charge in [0.05, 0.1) is 0 Å². The van der Waals surface area contributed by atoms with Gasteiger partial charge < -0.3 is 5.32 Å². The normalized spacial score (nSPS) is 26.1. The van der Waals surface area contributed by atoms with Crippen molar-refractivity contribution in [3.05, 3.63) is 34.6 Å². The Morgan fingerprint density at radius 1 is 1.41 bits per heavy atom. The SMILES string of the molecule is CNC(c1ccc(Cl)cc1F)C1CCCC1C. The smallest absolute Gasteiger partial charge is 0.129 e.